The molecule has 7 heteroatoms. The van der Waals surface area contributed by atoms with Crippen LogP contribution in [0.4, 0.5) is 0 Å². The number of benzene rings is 1. The zero-order valence-corrected chi connectivity index (χ0v) is 12.9. The van der Waals surface area contributed by atoms with Crippen molar-refractivity contribution in [3.8, 4) is 11.4 Å². The van der Waals surface area contributed by atoms with Crippen LogP contribution in [0.1, 0.15) is 16.7 Å². The highest BCUT2D eigenvalue weighted by Gasteiger charge is 2.43. The van der Waals surface area contributed by atoms with Gasteiger partial charge in [0, 0.05) is 10.9 Å². The number of hydrogen-bond donors (Lipinski definition) is 2. The molecule has 124 valence electrons. The number of esters is 1. The fourth-order valence-electron chi connectivity index (χ4n) is 3.61. The normalized spacial score (nSPS) is 17.0. The van der Waals surface area contributed by atoms with Crippen LogP contribution < -0.4 is 5.56 Å². The molecule has 4 heterocycles. The zero-order valence-electron chi connectivity index (χ0n) is 12.9. The number of carbonyl (C=O) groups is 1. The fraction of sp³-hybridized carbons (Fsp3) is 0.167. The smallest absolute Gasteiger partial charge is 0.359 e. The summed E-state index contributed by atoms with van der Waals surface area (Å²) in [5.74, 6) is -3.71. The summed E-state index contributed by atoms with van der Waals surface area (Å²) in [6.07, 6.45) is -0.190. The van der Waals surface area contributed by atoms with Gasteiger partial charge in [0.05, 0.1) is 29.9 Å². The van der Waals surface area contributed by atoms with Crippen molar-refractivity contribution >= 4 is 16.9 Å². The molecule has 0 amide bonds. The van der Waals surface area contributed by atoms with E-state index in [-0.39, 0.29) is 24.1 Å². The zero-order chi connectivity index (χ0) is 17.3. The quantitative estimate of drug-likeness (QED) is 0.361. The molecule has 0 aliphatic carbocycles. The van der Waals surface area contributed by atoms with Gasteiger partial charge in [0.2, 0.25) is 0 Å². The van der Waals surface area contributed by atoms with Gasteiger partial charge in [-0.25, -0.2) is 4.98 Å². The van der Waals surface area contributed by atoms with E-state index in [0.717, 1.165) is 16.5 Å². The van der Waals surface area contributed by atoms with Crippen molar-refractivity contribution in [3.63, 3.8) is 0 Å². The molecule has 2 aliphatic rings. The maximum Gasteiger partial charge on any atom is 0.359 e. The van der Waals surface area contributed by atoms with Gasteiger partial charge < -0.3 is 19.5 Å². The molecule has 1 aromatic carbocycles. The minimum absolute atomic E-state index is 0.190. The third kappa shape index (κ3) is 1.90. The van der Waals surface area contributed by atoms with Crippen LogP contribution in [0.25, 0.3) is 22.3 Å². The summed E-state index contributed by atoms with van der Waals surface area (Å²) in [4.78, 5) is 29.1. The Balaban J connectivity index is 1.81. The number of nitrogens with zero attached hydrogens (tertiary/aromatic N) is 2. The van der Waals surface area contributed by atoms with E-state index in [1.54, 1.807) is 6.07 Å². The van der Waals surface area contributed by atoms with Crippen LogP contribution in [0.15, 0.2) is 41.2 Å². The molecule has 0 atom stereocenters. The van der Waals surface area contributed by atoms with Crippen molar-refractivity contribution in [2.75, 3.05) is 0 Å². The minimum atomic E-state index is -2.91. The molecule has 7 nitrogen and oxygen atoms in total. The fourth-order valence-corrected chi connectivity index (χ4v) is 3.61. The first-order chi connectivity index (χ1) is 11.9. The Labute approximate surface area is 140 Å². The maximum absolute atomic E-state index is 12.8. The Kier molecular flexibility index (Phi) is 2.60. The summed E-state index contributed by atoms with van der Waals surface area (Å²) >= 11 is 0. The monoisotopic (exact) mass is 336 g/mol. The van der Waals surface area contributed by atoms with Gasteiger partial charge in [-0.05, 0) is 23.8 Å². The topological polar surface area (TPSA) is 102 Å². The Morgan fingerprint density at radius 3 is 2.76 bits per heavy atom. The maximum atomic E-state index is 12.8. The van der Waals surface area contributed by atoms with Crippen molar-refractivity contribution in [1.82, 2.24) is 9.55 Å². The Morgan fingerprint density at radius 2 is 1.92 bits per heavy atom. The van der Waals surface area contributed by atoms with E-state index in [4.69, 9.17) is 0 Å². The van der Waals surface area contributed by atoms with Gasteiger partial charge in [0.15, 0.2) is 0 Å². The van der Waals surface area contributed by atoms with E-state index in [9.17, 15) is 19.8 Å². The summed E-state index contributed by atoms with van der Waals surface area (Å²) in [5, 5.41) is 20.9. The molecular formula is C18H12N2O5. The number of hydrogen-bond acceptors (Lipinski definition) is 6. The average molecular weight is 336 g/mol. The Hall–Kier alpha value is -3.03. The first kappa shape index (κ1) is 14.3. The van der Waals surface area contributed by atoms with Crippen molar-refractivity contribution < 1.29 is 19.7 Å². The number of aliphatic hydroxyl groups is 2. The largest absolute Gasteiger partial charge is 0.404 e. The summed E-state index contributed by atoms with van der Waals surface area (Å²) in [5.41, 5.74) is 2.25. The number of aromatic nitrogens is 2. The molecule has 0 saturated heterocycles. The third-order valence-corrected chi connectivity index (χ3v) is 4.67. The molecule has 0 saturated carbocycles. The second-order valence-electron chi connectivity index (χ2n) is 6.27. The molecule has 0 bridgehead atoms. The summed E-state index contributed by atoms with van der Waals surface area (Å²) in [7, 11) is 0. The first-order valence-electron chi connectivity index (χ1n) is 7.77. The molecule has 25 heavy (non-hydrogen) atoms. The number of cyclic esters (lactones) is 1. The second-order valence-corrected chi connectivity index (χ2v) is 6.27. The highest BCUT2D eigenvalue weighted by atomic mass is 16.8. The van der Waals surface area contributed by atoms with E-state index in [2.05, 4.69) is 9.72 Å². The van der Waals surface area contributed by atoms with E-state index in [1.165, 1.54) is 4.57 Å². The van der Waals surface area contributed by atoms with Gasteiger partial charge in [0.25, 0.3) is 5.56 Å². The van der Waals surface area contributed by atoms with Gasteiger partial charge in [-0.3, -0.25) is 9.59 Å². The van der Waals surface area contributed by atoms with Crippen molar-refractivity contribution in [1.29, 1.82) is 0 Å². The SMILES string of the molecule is O=C1Cc2cc3n(c(=O)c2C(O)(O)O1)Cc1cc2ccccc2nc1-3. The molecule has 5 rings (SSSR count). The van der Waals surface area contributed by atoms with Crippen LogP contribution in [-0.4, -0.2) is 25.7 Å². The Bertz CT molecular complexity index is 1150. The lowest BCUT2D eigenvalue weighted by Crippen LogP contribution is -2.44. The van der Waals surface area contributed by atoms with E-state index in [0.29, 0.717) is 11.4 Å². The van der Waals surface area contributed by atoms with Gasteiger partial charge >= 0.3 is 11.9 Å². The van der Waals surface area contributed by atoms with Gasteiger partial charge in [-0.1, -0.05) is 18.2 Å². The standard InChI is InChI=1S/C18H12N2O5/c21-14-7-10-6-13-16-11(5-9-3-1-2-4-12(9)19-16)8-20(13)17(22)15(10)18(23,24)25-14/h1-6,23-24H,7-8H2. The van der Waals surface area contributed by atoms with Gasteiger partial charge in [-0.15, -0.1) is 0 Å². The van der Waals surface area contributed by atoms with Gasteiger partial charge in [-0.2, -0.15) is 0 Å². The predicted molar refractivity (Wildman–Crippen MR) is 86.5 cm³/mol. The summed E-state index contributed by atoms with van der Waals surface area (Å²) in [6, 6.07) is 11.2. The summed E-state index contributed by atoms with van der Waals surface area (Å²) in [6.45, 7) is 0.276. The lowest BCUT2D eigenvalue weighted by Gasteiger charge is -2.28. The number of ether oxygens (including phenoxy) is 1. The molecule has 0 spiro atoms. The van der Waals surface area contributed by atoms with Crippen LogP contribution in [0, 0.1) is 0 Å². The van der Waals surface area contributed by atoms with E-state index < -0.39 is 17.5 Å². The van der Waals surface area contributed by atoms with Crippen molar-refractivity contribution in [2.45, 2.75) is 18.9 Å². The molecule has 2 aromatic heterocycles. The number of rotatable bonds is 0. The molecule has 2 N–H and O–H groups in total. The van der Waals surface area contributed by atoms with E-state index in [1.807, 2.05) is 30.3 Å². The third-order valence-electron chi connectivity index (χ3n) is 4.67. The average Bonchev–Trinajstić information content (AvgIpc) is 2.89. The van der Waals surface area contributed by atoms with Gasteiger partial charge in [0.1, 0.15) is 5.56 Å². The van der Waals surface area contributed by atoms with Crippen LogP contribution in [0.3, 0.4) is 0 Å². The van der Waals surface area contributed by atoms with Crippen LogP contribution >= 0.6 is 0 Å². The van der Waals surface area contributed by atoms with Crippen molar-refractivity contribution in [3.05, 3.63) is 63.4 Å². The van der Waals surface area contributed by atoms with Crippen LogP contribution in [0.5, 0.6) is 0 Å². The number of fused-ring (bicyclic) bond motifs is 5. The summed E-state index contributed by atoms with van der Waals surface area (Å²) < 4.78 is 5.95. The molecule has 0 unspecified atom stereocenters. The Morgan fingerprint density at radius 1 is 1.12 bits per heavy atom. The molecule has 2 aliphatic heterocycles. The predicted octanol–water partition coefficient (Wildman–Crippen LogP) is 0.619. The van der Waals surface area contributed by atoms with Crippen molar-refractivity contribution in [2.24, 2.45) is 0 Å². The lowest BCUT2D eigenvalue weighted by molar-refractivity contribution is -0.334. The van der Waals surface area contributed by atoms with Crippen LogP contribution in [-0.2, 0) is 28.5 Å². The number of carbonyl (C=O) groups excluding carboxylic acids is 1. The molecule has 0 fully saturated rings. The minimum Gasteiger partial charge on any atom is -0.404 e. The van der Waals surface area contributed by atoms with E-state index >= 15 is 0 Å². The molecule has 3 aromatic rings. The first-order valence-corrected chi connectivity index (χ1v) is 7.77. The molecule has 0 radical (unpaired) electrons. The lowest BCUT2D eigenvalue weighted by atomic mass is 10.0. The second kappa shape index (κ2) is 4.53. The molecular weight excluding hydrogens is 324 g/mol. The highest BCUT2D eigenvalue weighted by molar-refractivity contribution is 5.84. The number of para-hydroxylation sites is 1. The van der Waals surface area contributed by atoms with Crippen LogP contribution in [0.2, 0.25) is 0 Å². The number of pyridine rings is 2. The highest BCUT2D eigenvalue weighted by Crippen LogP contribution is 2.35.